The minimum atomic E-state index is -2.23. The van der Waals surface area contributed by atoms with E-state index in [0.717, 1.165) is 147 Å². The number of aliphatic hydroxyl groups excluding tert-OH is 3. The molecular formula is C104H98GeIr3N3O9Si-3. The van der Waals surface area contributed by atoms with Crippen LogP contribution >= 0.6 is 0 Å². The van der Waals surface area contributed by atoms with Crippen LogP contribution in [0.1, 0.15) is 81.1 Å². The average Bonchev–Trinajstić information content (AvgIpc) is 1.78. The molecule has 621 valence electrons. The van der Waals surface area contributed by atoms with Gasteiger partial charge in [-0.05, 0) is 111 Å². The van der Waals surface area contributed by atoms with Gasteiger partial charge in [0.05, 0.1) is 47.6 Å². The Morgan fingerprint density at radius 1 is 0.388 bits per heavy atom. The minimum absolute atomic E-state index is 0. The van der Waals surface area contributed by atoms with Crippen molar-refractivity contribution in [2.75, 3.05) is 0 Å². The van der Waals surface area contributed by atoms with Gasteiger partial charge in [-0.15, -0.1) is 36.4 Å². The van der Waals surface area contributed by atoms with Crippen molar-refractivity contribution in [1.82, 2.24) is 15.0 Å². The molecule has 3 N–H and O–H groups in total. The molecule has 0 aliphatic heterocycles. The van der Waals surface area contributed by atoms with E-state index < -0.39 is 21.3 Å². The molecule has 17 heteroatoms. The number of hydrogen-bond acceptors (Lipinski definition) is 12. The van der Waals surface area contributed by atoms with Crippen molar-refractivity contribution in [3.8, 4) is 33.8 Å². The number of rotatable bonds is 14. The molecule has 6 heterocycles. The standard InChI is InChI=1S/C28H22GeNO.C28H22NOSi.C25H14NO.C13H24O2.2C5H8O2.3Ir/c1-29(2,3)23-17-25(30-24-16-15-18-9-4-5-10-19(18)27(23)24)22-13-8-12-21-20-11-6-7-14-26(20)31-28(21)22;1-31(2,3)26-17-24(29-23-16-15-18-9-4-5-10-19(18)27(23)26)22-13-8-12-21-20-11-6-7-14-25(20)30-28(21)22;1-2-7-17-16(6-1)12-14-22-18(17)13-15-23(26-22)21-10-5-9-20-19-8-3-4-11-24(19)27-25(20)21;1-5-10(6-2)12(14)9-13(15)11(7-3)8-4;2*1-4(6)3-5(2)7;;;/h2*4-12,14-17H,1-3H3;1-9,11-15H;9-11,14H,5-8H2,1-4H3;2*3,6H,1-2H3;;;/q3*-1;;;;;;. The van der Waals surface area contributed by atoms with Gasteiger partial charge in [0.25, 0.3) is 0 Å². The van der Waals surface area contributed by atoms with Crippen molar-refractivity contribution < 1.29 is 103 Å². The molecule has 0 bridgehead atoms. The first kappa shape index (κ1) is 92.7. The number of carbonyl (C=O) groups excluding carboxylic acids is 3. The topological polar surface area (TPSA) is 190 Å². The maximum Gasteiger partial charge on any atom is 0.120 e. The van der Waals surface area contributed by atoms with Crippen LogP contribution in [-0.4, -0.2) is 69.0 Å². The number of ketones is 3. The molecule has 0 atom stereocenters. The molecule has 3 radical (unpaired) electrons. The van der Waals surface area contributed by atoms with Crippen LogP contribution in [0.5, 0.6) is 0 Å². The summed E-state index contributed by atoms with van der Waals surface area (Å²) in [5.74, 6) is 7.77. The molecular weight excluding hydrogens is 2110 g/mol. The van der Waals surface area contributed by atoms with Crippen molar-refractivity contribution in [3.63, 3.8) is 0 Å². The molecule has 0 saturated carbocycles. The number of allylic oxidation sites excluding steroid dienone is 6. The normalized spacial score (nSPS) is 11.8. The van der Waals surface area contributed by atoms with Crippen LogP contribution in [0.2, 0.25) is 36.9 Å². The number of nitrogens with zero attached hydrogens (tertiary/aromatic N) is 3. The molecule has 12 aromatic carbocycles. The van der Waals surface area contributed by atoms with Gasteiger partial charge in [0.2, 0.25) is 0 Å². The molecule has 18 aromatic rings. The average molecular weight is 2210 g/mol. The number of hydrogen-bond donors (Lipinski definition) is 3. The molecule has 0 amide bonds. The van der Waals surface area contributed by atoms with E-state index in [2.05, 4.69) is 237 Å². The molecule has 12 nitrogen and oxygen atoms in total. The smallest absolute Gasteiger partial charge is 0.120 e. The fourth-order valence-electron chi connectivity index (χ4n) is 15.5. The SMILES string of the molecule is CC(=O)C=C(C)O.CC(=O)C=C(C)O.CCC(CC)C(=O)C=C(O)C(CC)CC.C[Si](C)(C)c1cc(-c2[c-]ccc3c2oc2ccccc23)nc2ccc3ccccc3c12.[CH3][Ge]([CH3])([CH3])[c]1cc(-c2[c-]ccc3c2oc2ccccc23)nc2ccc3ccccc3c12.[Ir].[Ir].[Ir].[c-]1ccc2c(oc3ccccc32)c1-c1ccc2c(ccc3ccccc32)n1. The number of pyridine rings is 3. The third kappa shape index (κ3) is 20.9. The summed E-state index contributed by atoms with van der Waals surface area (Å²) < 4.78 is 20.2. The second kappa shape index (κ2) is 40.8. The van der Waals surface area contributed by atoms with E-state index in [-0.39, 0.29) is 107 Å². The number of fused-ring (bicyclic) bond motifs is 18. The van der Waals surface area contributed by atoms with Crippen molar-refractivity contribution in [2.45, 2.75) is 118 Å². The van der Waals surface area contributed by atoms with E-state index in [9.17, 15) is 19.5 Å². The number of carbonyl (C=O) groups is 3. The molecule has 0 unspecified atom stereocenters. The van der Waals surface area contributed by atoms with Gasteiger partial charge in [-0.3, -0.25) is 24.4 Å². The number of aromatic nitrogens is 3. The van der Waals surface area contributed by atoms with Crippen molar-refractivity contribution in [3.05, 3.63) is 296 Å². The van der Waals surface area contributed by atoms with Gasteiger partial charge in [0, 0.05) is 112 Å². The van der Waals surface area contributed by atoms with E-state index >= 15 is 0 Å². The molecule has 0 saturated heterocycles. The molecule has 0 aliphatic rings. The Labute approximate surface area is 750 Å². The molecule has 6 aromatic heterocycles. The molecule has 0 aliphatic carbocycles. The van der Waals surface area contributed by atoms with Crippen LogP contribution in [0, 0.1) is 30.0 Å². The predicted octanol–water partition coefficient (Wildman–Crippen LogP) is 27.3. The minimum Gasteiger partial charge on any atom is -0.501 e. The van der Waals surface area contributed by atoms with E-state index in [4.69, 9.17) is 38.4 Å². The summed E-state index contributed by atoms with van der Waals surface area (Å²) in [6, 6.07) is 94.2. The Morgan fingerprint density at radius 3 is 1.14 bits per heavy atom. The maximum atomic E-state index is 11.7. The quantitative estimate of drug-likeness (QED) is 0.0308. The first-order valence-corrected chi connectivity index (χ1v) is 51.2. The zero-order valence-corrected chi connectivity index (χ0v) is 80.7. The fourth-order valence-corrected chi connectivity index (χ4v) is 20.4. The third-order valence-electron chi connectivity index (χ3n) is 21.3. The van der Waals surface area contributed by atoms with Crippen LogP contribution in [0.3, 0.4) is 0 Å². The first-order valence-electron chi connectivity index (χ1n) is 40.4. The van der Waals surface area contributed by atoms with E-state index in [0.29, 0.717) is 0 Å². The Balaban J connectivity index is 0.000000163. The first-order chi connectivity index (χ1) is 56.7. The Bertz CT molecular complexity index is 6640. The summed E-state index contributed by atoms with van der Waals surface area (Å²) in [6.07, 6.45) is 7.24. The number of furan rings is 3. The van der Waals surface area contributed by atoms with Crippen molar-refractivity contribution in [1.29, 1.82) is 0 Å². The van der Waals surface area contributed by atoms with Crippen LogP contribution in [0.4, 0.5) is 0 Å². The van der Waals surface area contributed by atoms with Gasteiger partial charge in [0.15, 0.2) is 17.3 Å². The van der Waals surface area contributed by atoms with Gasteiger partial charge >= 0.3 is 184 Å². The second-order valence-corrected chi connectivity index (χ2v) is 47.5. The van der Waals surface area contributed by atoms with Crippen molar-refractivity contribution >= 4 is 179 Å². The summed E-state index contributed by atoms with van der Waals surface area (Å²) in [6.45, 7) is 21.0. The van der Waals surface area contributed by atoms with E-state index in [1.165, 1.54) is 98.6 Å². The number of benzene rings is 12. The van der Waals surface area contributed by atoms with Gasteiger partial charge in [0.1, 0.15) is 11.2 Å². The summed E-state index contributed by atoms with van der Waals surface area (Å²) in [7, 11) is -1.66. The molecule has 0 spiro atoms. The third-order valence-corrected chi connectivity index (χ3v) is 27.5. The van der Waals surface area contributed by atoms with Gasteiger partial charge in [-0.1, -0.05) is 190 Å². The van der Waals surface area contributed by atoms with Crippen LogP contribution in [0.15, 0.2) is 291 Å². The van der Waals surface area contributed by atoms with E-state index in [1.54, 1.807) is 0 Å². The van der Waals surface area contributed by atoms with E-state index in [1.807, 2.05) is 88.4 Å². The second-order valence-electron chi connectivity index (χ2n) is 31.9. The monoisotopic (exact) mass is 2210 g/mol. The van der Waals surface area contributed by atoms with Gasteiger partial charge in [-0.25, -0.2) is 0 Å². The Hall–Kier alpha value is -10.6. The maximum absolute atomic E-state index is 11.7. The summed E-state index contributed by atoms with van der Waals surface area (Å²) in [5, 5.41) is 45.9. The zero-order chi connectivity index (χ0) is 83.7. The van der Waals surface area contributed by atoms with Crippen LogP contribution < -0.4 is 9.58 Å². The molecule has 18 rings (SSSR count). The Kier molecular flexibility index (Phi) is 31.3. The molecule has 0 fully saturated rings. The zero-order valence-electron chi connectivity index (χ0n) is 70.4. The summed E-state index contributed by atoms with van der Waals surface area (Å²) >= 11 is -2.23. The van der Waals surface area contributed by atoms with Gasteiger partial charge < -0.3 is 24.2 Å². The largest absolute Gasteiger partial charge is 0.501 e. The molecule has 121 heavy (non-hydrogen) atoms. The predicted molar refractivity (Wildman–Crippen MR) is 496 cm³/mol. The van der Waals surface area contributed by atoms with Crippen LogP contribution in [0.25, 0.3) is 165 Å². The van der Waals surface area contributed by atoms with Crippen LogP contribution in [-0.2, 0) is 74.7 Å². The Morgan fingerprint density at radius 2 is 0.744 bits per heavy atom. The van der Waals surface area contributed by atoms with Crippen molar-refractivity contribution in [2.24, 2.45) is 11.8 Å². The number of aliphatic hydroxyl groups is 3. The number of para-hydroxylation sites is 3. The van der Waals surface area contributed by atoms with Gasteiger partial charge in [-0.2, -0.15) is 0 Å². The fraction of sp³-hybridized carbons (Fsp3) is 0.192. The summed E-state index contributed by atoms with van der Waals surface area (Å²) in [4.78, 5) is 46.9. The summed E-state index contributed by atoms with van der Waals surface area (Å²) in [5.41, 5.74) is 13.9.